The summed E-state index contributed by atoms with van der Waals surface area (Å²) in [7, 11) is 1.53. The highest BCUT2D eigenvalue weighted by molar-refractivity contribution is 7.20. The molecule has 1 fully saturated rings. The number of amides is 1. The van der Waals surface area contributed by atoms with Crippen molar-refractivity contribution >= 4 is 27.3 Å². The predicted molar refractivity (Wildman–Crippen MR) is 100.0 cm³/mol. The van der Waals surface area contributed by atoms with E-state index < -0.39 is 0 Å². The molecule has 0 aliphatic carbocycles. The molecule has 0 unspecified atom stereocenters. The van der Waals surface area contributed by atoms with Gasteiger partial charge in [0.15, 0.2) is 0 Å². The zero-order valence-electron chi connectivity index (χ0n) is 14.4. The summed E-state index contributed by atoms with van der Waals surface area (Å²) >= 11 is 1.55. The second-order valence-corrected chi connectivity index (χ2v) is 7.22. The number of fused-ring (bicyclic) bond motifs is 1. The van der Waals surface area contributed by atoms with Gasteiger partial charge in [-0.2, -0.15) is 4.98 Å². The maximum Gasteiger partial charge on any atom is 0.319 e. The number of likely N-dealkylation sites (tertiary alicyclic amines) is 1. The summed E-state index contributed by atoms with van der Waals surface area (Å²) in [5, 5.41) is 1.12. The second kappa shape index (κ2) is 7.29. The fourth-order valence-electron chi connectivity index (χ4n) is 3.08. The third-order valence-electron chi connectivity index (χ3n) is 4.44. The number of piperidine rings is 1. The van der Waals surface area contributed by atoms with Crippen molar-refractivity contribution in [1.29, 1.82) is 0 Å². The van der Waals surface area contributed by atoms with E-state index in [-0.39, 0.29) is 12.0 Å². The number of carbonyl (C=O) groups excluding carboxylic acids is 1. The number of thiophene rings is 1. The first-order valence-electron chi connectivity index (χ1n) is 8.54. The lowest BCUT2D eigenvalue weighted by atomic mass is 10.1. The summed E-state index contributed by atoms with van der Waals surface area (Å²) in [6.07, 6.45) is 3.22. The van der Waals surface area contributed by atoms with E-state index in [1.807, 2.05) is 35.2 Å². The van der Waals surface area contributed by atoms with E-state index in [1.54, 1.807) is 23.6 Å². The Bertz CT molecular complexity index is 886. The molecule has 4 rings (SSSR count). The lowest BCUT2D eigenvalue weighted by molar-refractivity contribution is 0.0591. The Kier molecular flexibility index (Phi) is 4.71. The minimum absolute atomic E-state index is 0.0427. The van der Waals surface area contributed by atoms with Gasteiger partial charge in [-0.15, -0.1) is 11.3 Å². The lowest BCUT2D eigenvalue weighted by Gasteiger charge is -2.31. The maximum absolute atomic E-state index is 12.8. The van der Waals surface area contributed by atoms with Gasteiger partial charge in [-0.25, -0.2) is 4.98 Å². The Balaban J connectivity index is 1.37. The highest BCUT2D eigenvalue weighted by Gasteiger charge is 2.26. The molecule has 1 aliphatic heterocycles. The minimum Gasteiger partial charge on any atom is -0.474 e. The molecule has 7 heteroatoms. The van der Waals surface area contributed by atoms with Gasteiger partial charge in [0, 0.05) is 42.9 Å². The molecule has 0 radical (unpaired) electrons. The molecule has 0 atom stereocenters. The molecule has 0 saturated carbocycles. The van der Waals surface area contributed by atoms with Crippen LogP contribution in [0.1, 0.15) is 22.5 Å². The van der Waals surface area contributed by atoms with Crippen molar-refractivity contribution in [3.63, 3.8) is 0 Å². The topological polar surface area (TPSA) is 64.6 Å². The molecule has 3 heterocycles. The third kappa shape index (κ3) is 3.48. The number of methoxy groups -OCH3 is 1. The van der Waals surface area contributed by atoms with E-state index in [9.17, 15) is 4.79 Å². The molecule has 26 heavy (non-hydrogen) atoms. The van der Waals surface area contributed by atoms with Crippen molar-refractivity contribution in [2.75, 3.05) is 20.2 Å². The van der Waals surface area contributed by atoms with Gasteiger partial charge in [0.2, 0.25) is 5.88 Å². The maximum atomic E-state index is 12.8. The van der Waals surface area contributed by atoms with Crippen LogP contribution in [-0.4, -0.2) is 47.1 Å². The van der Waals surface area contributed by atoms with Crippen LogP contribution in [-0.2, 0) is 0 Å². The number of aromatic nitrogens is 2. The van der Waals surface area contributed by atoms with Gasteiger partial charge in [-0.1, -0.05) is 18.2 Å². The Hall–Kier alpha value is -2.67. The molecule has 0 spiro atoms. The summed E-state index contributed by atoms with van der Waals surface area (Å²) < 4.78 is 12.1. The van der Waals surface area contributed by atoms with E-state index in [2.05, 4.69) is 9.97 Å². The highest BCUT2D eigenvalue weighted by Crippen LogP contribution is 2.27. The quantitative estimate of drug-likeness (QED) is 0.705. The number of benzene rings is 1. The predicted octanol–water partition coefficient (Wildman–Crippen LogP) is 3.38. The van der Waals surface area contributed by atoms with Crippen LogP contribution in [0.2, 0.25) is 0 Å². The molecule has 0 bridgehead atoms. The summed E-state index contributed by atoms with van der Waals surface area (Å²) in [5.74, 6) is 0.611. The number of ether oxygens (including phenoxy) is 2. The molecule has 1 aliphatic rings. The number of carbonyl (C=O) groups is 1. The highest BCUT2D eigenvalue weighted by atomic mass is 32.1. The third-order valence-corrected chi connectivity index (χ3v) is 5.55. The Morgan fingerprint density at radius 3 is 2.81 bits per heavy atom. The number of nitrogens with zero attached hydrogens (tertiary/aromatic N) is 3. The first-order valence-corrected chi connectivity index (χ1v) is 9.36. The van der Waals surface area contributed by atoms with Crippen molar-refractivity contribution < 1.29 is 14.3 Å². The summed E-state index contributed by atoms with van der Waals surface area (Å²) in [6, 6.07) is 12.1. The van der Waals surface area contributed by atoms with Gasteiger partial charge in [0.1, 0.15) is 6.10 Å². The Labute approximate surface area is 155 Å². The van der Waals surface area contributed by atoms with Crippen LogP contribution in [0.15, 0.2) is 42.6 Å². The molecule has 3 aromatic rings. The second-order valence-electron chi connectivity index (χ2n) is 6.14. The number of hydrogen-bond acceptors (Lipinski definition) is 6. The van der Waals surface area contributed by atoms with Crippen LogP contribution in [0.25, 0.3) is 10.1 Å². The molecule has 1 saturated heterocycles. The standard InChI is InChI=1S/C19H19N3O3S/c1-24-19-20-9-6-17(21-19)25-14-7-10-22(11-8-14)18(23)16-12-13-4-2-3-5-15(13)26-16/h2-6,9,12,14H,7-8,10-11H2,1H3. The Morgan fingerprint density at radius 1 is 1.23 bits per heavy atom. The monoisotopic (exact) mass is 369 g/mol. The smallest absolute Gasteiger partial charge is 0.319 e. The van der Waals surface area contributed by atoms with E-state index >= 15 is 0 Å². The Morgan fingerprint density at radius 2 is 2.04 bits per heavy atom. The minimum atomic E-state index is 0.0427. The molecule has 1 amide bonds. The van der Waals surface area contributed by atoms with Crippen molar-refractivity contribution in [2.24, 2.45) is 0 Å². The first kappa shape index (κ1) is 16.8. The molecule has 2 aromatic heterocycles. The molecule has 134 valence electrons. The van der Waals surface area contributed by atoms with E-state index in [0.29, 0.717) is 25.0 Å². The van der Waals surface area contributed by atoms with Gasteiger partial charge in [0.25, 0.3) is 5.91 Å². The molecular formula is C19H19N3O3S. The zero-order valence-corrected chi connectivity index (χ0v) is 15.2. The summed E-state index contributed by atoms with van der Waals surface area (Å²) in [6.45, 7) is 1.36. The summed E-state index contributed by atoms with van der Waals surface area (Å²) in [5.41, 5.74) is 0. The van der Waals surface area contributed by atoms with Crippen molar-refractivity contribution in [3.05, 3.63) is 47.5 Å². The summed E-state index contributed by atoms with van der Waals surface area (Å²) in [4.78, 5) is 23.6. The van der Waals surface area contributed by atoms with Crippen LogP contribution in [0.3, 0.4) is 0 Å². The van der Waals surface area contributed by atoms with Crippen LogP contribution >= 0.6 is 11.3 Å². The van der Waals surface area contributed by atoms with Gasteiger partial charge < -0.3 is 14.4 Å². The molecule has 1 aromatic carbocycles. The van der Waals surface area contributed by atoms with E-state index in [4.69, 9.17) is 9.47 Å². The fourth-order valence-corrected chi connectivity index (χ4v) is 4.11. The molecule has 0 N–H and O–H groups in total. The van der Waals surface area contributed by atoms with Gasteiger partial charge in [-0.3, -0.25) is 4.79 Å². The van der Waals surface area contributed by atoms with Gasteiger partial charge >= 0.3 is 6.01 Å². The first-order chi connectivity index (χ1) is 12.7. The normalized spacial score (nSPS) is 15.2. The van der Waals surface area contributed by atoms with Gasteiger partial charge in [0.05, 0.1) is 12.0 Å². The largest absolute Gasteiger partial charge is 0.474 e. The van der Waals surface area contributed by atoms with Crippen LogP contribution < -0.4 is 9.47 Å². The fraction of sp³-hybridized carbons (Fsp3) is 0.316. The number of hydrogen-bond donors (Lipinski definition) is 0. The average Bonchev–Trinajstić information content (AvgIpc) is 3.12. The SMILES string of the molecule is COc1nccc(OC2CCN(C(=O)c3cc4ccccc4s3)CC2)n1. The molecular weight excluding hydrogens is 350 g/mol. The van der Waals surface area contributed by atoms with E-state index in [0.717, 1.165) is 27.8 Å². The number of rotatable bonds is 4. The molecule has 6 nitrogen and oxygen atoms in total. The van der Waals surface area contributed by atoms with Crippen molar-refractivity contribution in [2.45, 2.75) is 18.9 Å². The lowest BCUT2D eigenvalue weighted by Crippen LogP contribution is -2.41. The van der Waals surface area contributed by atoms with Crippen molar-refractivity contribution in [3.8, 4) is 11.9 Å². The van der Waals surface area contributed by atoms with Gasteiger partial charge in [-0.05, 0) is 17.5 Å². The average molecular weight is 369 g/mol. The van der Waals surface area contributed by atoms with Crippen LogP contribution in [0.5, 0.6) is 11.9 Å². The van der Waals surface area contributed by atoms with Crippen LogP contribution in [0, 0.1) is 0 Å². The van der Waals surface area contributed by atoms with E-state index in [1.165, 1.54) is 7.11 Å². The van der Waals surface area contributed by atoms with Crippen molar-refractivity contribution in [1.82, 2.24) is 14.9 Å². The zero-order chi connectivity index (χ0) is 17.9. The van der Waals surface area contributed by atoms with Crippen LogP contribution in [0.4, 0.5) is 0 Å².